The molecular formula is C10H10F2N2O4. The molecule has 0 unspecified atom stereocenters. The number of anilines is 1. The molecular weight excluding hydrogens is 250 g/mol. The van der Waals surface area contributed by atoms with E-state index in [9.17, 15) is 18.4 Å². The van der Waals surface area contributed by atoms with E-state index in [1.165, 1.54) is 0 Å². The molecule has 98 valence electrons. The normalized spacial score (nSPS) is 9.94. The monoisotopic (exact) mass is 260 g/mol. The molecule has 4 N–H and O–H groups in total. The number of nitrogens with one attached hydrogen (secondary N) is 1. The van der Waals surface area contributed by atoms with Crippen molar-refractivity contribution in [3.63, 3.8) is 0 Å². The number of nitrogens with two attached hydrogens (primary N) is 1. The van der Waals surface area contributed by atoms with Gasteiger partial charge in [0, 0.05) is 6.07 Å². The molecule has 0 atom stereocenters. The van der Waals surface area contributed by atoms with Gasteiger partial charge in [-0.15, -0.1) is 0 Å². The molecule has 1 aromatic rings. The fourth-order valence-electron chi connectivity index (χ4n) is 1.12. The van der Waals surface area contributed by atoms with Crippen molar-refractivity contribution < 1.29 is 28.2 Å². The van der Waals surface area contributed by atoms with Crippen molar-refractivity contribution in [3.05, 3.63) is 29.3 Å². The zero-order valence-corrected chi connectivity index (χ0v) is 9.07. The maximum absolute atomic E-state index is 13.3. The second-order valence-electron chi connectivity index (χ2n) is 3.16. The van der Waals surface area contributed by atoms with E-state index in [0.29, 0.717) is 6.07 Å². The van der Waals surface area contributed by atoms with Crippen LogP contribution < -0.4 is 11.1 Å². The molecule has 0 saturated carbocycles. The van der Waals surface area contributed by atoms with E-state index in [1.807, 2.05) is 5.32 Å². The lowest BCUT2D eigenvalue weighted by Crippen LogP contribution is -2.19. The van der Waals surface area contributed by atoms with E-state index in [-0.39, 0.29) is 6.61 Å². The Hall–Kier alpha value is -2.22. The van der Waals surface area contributed by atoms with Crippen molar-refractivity contribution in [2.45, 2.75) is 0 Å². The molecule has 0 saturated heterocycles. The molecule has 0 aliphatic carbocycles. The van der Waals surface area contributed by atoms with Crippen LogP contribution >= 0.6 is 0 Å². The fourth-order valence-corrected chi connectivity index (χ4v) is 1.12. The van der Waals surface area contributed by atoms with Gasteiger partial charge < -0.3 is 15.6 Å². The molecule has 0 spiro atoms. The number of amides is 2. The minimum atomic E-state index is -1.13. The molecule has 0 fully saturated rings. The Bertz CT molecular complexity index is 479. The lowest BCUT2D eigenvalue weighted by Gasteiger charge is -2.08. The average molecular weight is 260 g/mol. The van der Waals surface area contributed by atoms with Crippen LogP contribution in [0.25, 0.3) is 0 Å². The Balaban J connectivity index is 2.92. The highest BCUT2D eigenvalue weighted by Crippen LogP contribution is 2.19. The number of rotatable bonds is 4. The molecule has 0 aliphatic heterocycles. The van der Waals surface area contributed by atoms with Crippen LogP contribution in [0.5, 0.6) is 0 Å². The molecule has 1 aromatic carbocycles. The number of carbonyl (C=O) groups excluding carboxylic acids is 2. The first-order chi connectivity index (χ1) is 8.45. The SMILES string of the molecule is NC(=O)c1cc(NC(=O)OCCO)c(F)cc1F. The number of ether oxygens (including phenoxy) is 1. The molecule has 18 heavy (non-hydrogen) atoms. The fraction of sp³-hybridized carbons (Fsp3) is 0.200. The van der Waals surface area contributed by atoms with Gasteiger partial charge in [0.25, 0.3) is 5.91 Å². The molecule has 6 nitrogen and oxygen atoms in total. The van der Waals surface area contributed by atoms with E-state index in [0.717, 1.165) is 6.07 Å². The van der Waals surface area contributed by atoms with Gasteiger partial charge in [0.2, 0.25) is 0 Å². The summed E-state index contributed by atoms with van der Waals surface area (Å²) in [7, 11) is 0. The van der Waals surface area contributed by atoms with Crippen LogP contribution in [0.4, 0.5) is 19.3 Å². The predicted molar refractivity (Wildman–Crippen MR) is 56.9 cm³/mol. The lowest BCUT2D eigenvalue weighted by molar-refractivity contribution is 0.0996. The van der Waals surface area contributed by atoms with Crippen molar-refractivity contribution >= 4 is 17.7 Å². The van der Waals surface area contributed by atoms with Gasteiger partial charge in [0.05, 0.1) is 17.9 Å². The number of aliphatic hydroxyl groups excluding tert-OH is 1. The molecule has 0 heterocycles. The number of benzene rings is 1. The third-order valence-corrected chi connectivity index (χ3v) is 1.88. The zero-order valence-electron chi connectivity index (χ0n) is 9.07. The Morgan fingerprint density at radius 1 is 1.33 bits per heavy atom. The summed E-state index contributed by atoms with van der Waals surface area (Å²) in [5.74, 6) is -3.31. The number of primary amides is 1. The summed E-state index contributed by atoms with van der Waals surface area (Å²) in [5.41, 5.74) is 3.85. The largest absolute Gasteiger partial charge is 0.447 e. The lowest BCUT2D eigenvalue weighted by atomic mass is 10.1. The molecule has 0 aromatic heterocycles. The Labute approximate surface area is 100 Å². The minimum Gasteiger partial charge on any atom is -0.447 e. The first-order valence-electron chi connectivity index (χ1n) is 4.79. The van der Waals surface area contributed by atoms with Crippen LogP contribution in [0.3, 0.4) is 0 Å². The number of halogens is 2. The summed E-state index contributed by atoms with van der Waals surface area (Å²) in [4.78, 5) is 21.9. The summed E-state index contributed by atoms with van der Waals surface area (Å²) < 4.78 is 30.8. The van der Waals surface area contributed by atoms with Crippen molar-refractivity contribution in [1.82, 2.24) is 0 Å². The topological polar surface area (TPSA) is 102 Å². The molecule has 0 bridgehead atoms. The van der Waals surface area contributed by atoms with Gasteiger partial charge in [-0.1, -0.05) is 0 Å². The van der Waals surface area contributed by atoms with E-state index >= 15 is 0 Å². The van der Waals surface area contributed by atoms with Crippen molar-refractivity contribution in [3.8, 4) is 0 Å². The van der Waals surface area contributed by atoms with Crippen LogP contribution in [0, 0.1) is 11.6 Å². The Morgan fingerprint density at radius 2 is 2.00 bits per heavy atom. The Kier molecular flexibility index (Phi) is 4.55. The van der Waals surface area contributed by atoms with Crippen LogP contribution in [0.15, 0.2) is 12.1 Å². The molecule has 0 radical (unpaired) electrons. The van der Waals surface area contributed by atoms with Gasteiger partial charge in [-0.2, -0.15) is 0 Å². The third kappa shape index (κ3) is 3.39. The number of carbonyl (C=O) groups is 2. The minimum absolute atomic E-state index is 0.280. The summed E-state index contributed by atoms with van der Waals surface area (Å²) >= 11 is 0. The van der Waals surface area contributed by atoms with Crippen LogP contribution in [0.1, 0.15) is 10.4 Å². The molecule has 2 amide bonds. The van der Waals surface area contributed by atoms with Gasteiger partial charge in [-0.3, -0.25) is 10.1 Å². The van der Waals surface area contributed by atoms with Gasteiger partial charge in [-0.25, -0.2) is 13.6 Å². The van der Waals surface area contributed by atoms with Crippen molar-refractivity contribution in [1.29, 1.82) is 0 Å². The third-order valence-electron chi connectivity index (χ3n) is 1.88. The highest BCUT2D eigenvalue weighted by atomic mass is 19.1. The quantitative estimate of drug-likeness (QED) is 0.737. The second kappa shape index (κ2) is 5.92. The van der Waals surface area contributed by atoms with Crippen LogP contribution in [-0.2, 0) is 4.74 Å². The highest BCUT2D eigenvalue weighted by molar-refractivity contribution is 5.95. The first-order valence-corrected chi connectivity index (χ1v) is 4.79. The second-order valence-corrected chi connectivity index (χ2v) is 3.16. The predicted octanol–water partition coefficient (Wildman–Crippen LogP) is 0.605. The summed E-state index contributed by atoms with van der Waals surface area (Å²) in [5, 5.41) is 10.3. The van der Waals surface area contributed by atoms with Crippen molar-refractivity contribution in [2.24, 2.45) is 5.73 Å². The number of hydrogen-bond acceptors (Lipinski definition) is 4. The van der Waals surface area contributed by atoms with Gasteiger partial charge in [-0.05, 0) is 6.07 Å². The standard InChI is InChI=1S/C10H10F2N2O4/c11-6-4-7(12)8(3-5(6)9(13)16)14-10(17)18-2-1-15/h3-4,15H,1-2H2,(H2,13,16)(H,14,17). The van der Waals surface area contributed by atoms with Crippen LogP contribution in [0.2, 0.25) is 0 Å². The van der Waals surface area contributed by atoms with Crippen LogP contribution in [-0.4, -0.2) is 30.3 Å². The summed E-state index contributed by atoms with van der Waals surface area (Å²) in [6, 6.07) is 1.18. The molecule has 1 rings (SSSR count). The van der Waals surface area contributed by atoms with Gasteiger partial charge >= 0.3 is 6.09 Å². The number of aliphatic hydroxyl groups is 1. The maximum Gasteiger partial charge on any atom is 0.411 e. The zero-order chi connectivity index (χ0) is 13.7. The van der Waals surface area contributed by atoms with E-state index in [4.69, 9.17) is 10.8 Å². The van der Waals surface area contributed by atoms with Crippen molar-refractivity contribution in [2.75, 3.05) is 18.5 Å². The van der Waals surface area contributed by atoms with E-state index in [1.54, 1.807) is 0 Å². The van der Waals surface area contributed by atoms with Gasteiger partial charge in [0.1, 0.15) is 18.2 Å². The maximum atomic E-state index is 13.3. The van der Waals surface area contributed by atoms with E-state index in [2.05, 4.69) is 4.74 Å². The summed E-state index contributed by atoms with van der Waals surface area (Å²) in [6.45, 7) is -0.677. The smallest absolute Gasteiger partial charge is 0.411 e. The summed E-state index contributed by atoms with van der Waals surface area (Å²) in [6.07, 6.45) is -1.05. The highest BCUT2D eigenvalue weighted by Gasteiger charge is 2.15. The molecule has 8 heteroatoms. The Morgan fingerprint density at radius 3 is 2.56 bits per heavy atom. The number of hydrogen-bond donors (Lipinski definition) is 3. The molecule has 0 aliphatic rings. The average Bonchev–Trinajstić information content (AvgIpc) is 2.29. The van der Waals surface area contributed by atoms with Gasteiger partial charge in [0.15, 0.2) is 0 Å². The first kappa shape index (κ1) is 13.8. The van der Waals surface area contributed by atoms with E-state index < -0.39 is 41.5 Å².